The number of sulfonamides is 1. The summed E-state index contributed by atoms with van der Waals surface area (Å²) in [5.41, 5.74) is 1.03. The van der Waals surface area contributed by atoms with E-state index in [2.05, 4.69) is 0 Å². The topological polar surface area (TPSA) is 55.8 Å². The van der Waals surface area contributed by atoms with Crippen LogP contribution in [0, 0.1) is 6.92 Å². The van der Waals surface area contributed by atoms with Crippen LogP contribution in [0.5, 0.6) is 0 Å². The number of ether oxygens (including phenoxy) is 2. The summed E-state index contributed by atoms with van der Waals surface area (Å²) >= 11 is 0. The van der Waals surface area contributed by atoms with Crippen LogP contribution in [-0.2, 0) is 19.5 Å². The second kappa shape index (κ2) is 5.36. The maximum atomic E-state index is 12.2. The highest BCUT2D eigenvalue weighted by molar-refractivity contribution is 7.89. The minimum atomic E-state index is -3.47. The van der Waals surface area contributed by atoms with E-state index in [-0.39, 0.29) is 11.4 Å². The third-order valence-electron chi connectivity index (χ3n) is 2.83. The molecule has 1 aromatic carbocycles. The van der Waals surface area contributed by atoms with Gasteiger partial charge in [0.1, 0.15) is 0 Å². The van der Waals surface area contributed by atoms with Crippen LogP contribution in [0.1, 0.15) is 5.56 Å². The third kappa shape index (κ3) is 2.89. The number of aryl methyl sites for hydroxylation is 1. The summed E-state index contributed by atoms with van der Waals surface area (Å²) in [4.78, 5) is 0.286. The van der Waals surface area contributed by atoms with Crippen LogP contribution in [0.25, 0.3) is 0 Å². The summed E-state index contributed by atoms with van der Waals surface area (Å²) in [6.07, 6.45) is -0.463. The van der Waals surface area contributed by atoms with E-state index in [1.807, 2.05) is 6.92 Å². The normalized spacial score (nSPS) is 17.5. The molecule has 18 heavy (non-hydrogen) atoms. The lowest BCUT2D eigenvalue weighted by molar-refractivity contribution is -0.0482. The Hall–Kier alpha value is -0.950. The quantitative estimate of drug-likeness (QED) is 0.819. The molecule has 0 amide bonds. The molecule has 1 aliphatic heterocycles. The molecular formula is C12H17NO4S. The summed E-state index contributed by atoms with van der Waals surface area (Å²) in [6, 6.07) is 6.78. The van der Waals surface area contributed by atoms with Gasteiger partial charge >= 0.3 is 0 Å². The molecule has 0 aromatic heterocycles. The maximum absolute atomic E-state index is 12.2. The number of rotatable bonds is 4. The highest BCUT2D eigenvalue weighted by Gasteiger charge is 2.26. The Kier molecular flexibility index (Phi) is 4.01. The molecule has 1 heterocycles. The minimum Gasteiger partial charge on any atom is -0.349 e. The van der Waals surface area contributed by atoms with E-state index in [4.69, 9.17) is 9.47 Å². The zero-order valence-corrected chi connectivity index (χ0v) is 11.3. The van der Waals surface area contributed by atoms with Crippen molar-refractivity contribution in [1.82, 2.24) is 4.31 Å². The fourth-order valence-electron chi connectivity index (χ4n) is 1.71. The van der Waals surface area contributed by atoms with Crippen LogP contribution >= 0.6 is 0 Å². The molecule has 1 aliphatic rings. The molecular weight excluding hydrogens is 254 g/mol. The van der Waals surface area contributed by atoms with Gasteiger partial charge in [-0.1, -0.05) is 17.7 Å². The van der Waals surface area contributed by atoms with Crippen molar-refractivity contribution in [1.29, 1.82) is 0 Å². The van der Waals surface area contributed by atoms with Crippen molar-refractivity contribution in [2.45, 2.75) is 18.1 Å². The molecule has 6 heteroatoms. The Balaban J connectivity index is 2.11. The number of hydrogen-bond acceptors (Lipinski definition) is 4. The third-order valence-corrected chi connectivity index (χ3v) is 4.66. The summed E-state index contributed by atoms with van der Waals surface area (Å²) in [5.74, 6) is 0. The van der Waals surface area contributed by atoms with Gasteiger partial charge in [-0.3, -0.25) is 0 Å². The number of nitrogens with zero attached hydrogens (tertiary/aromatic N) is 1. The van der Waals surface area contributed by atoms with E-state index in [0.717, 1.165) is 5.56 Å². The SMILES string of the molecule is Cc1ccc(S(=O)(=O)N(C)CC2OCCO2)cc1. The van der Waals surface area contributed by atoms with Crippen molar-refractivity contribution < 1.29 is 17.9 Å². The van der Waals surface area contributed by atoms with Crippen LogP contribution in [0.15, 0.2) is 29.2 Å². The van der Waals surface area contributed by atoms with Gasteiger partial charge in [0.15, 0.2) is 6.29 Å². The van der Waals surface area contributed by atoms with E-state index in [1.165, 1.54) is 11.4 Å². The molecule has 0 spiro atoms. The van der Waals surface area contributed by atoms with Gasteiger partial charge in [0, 0.05) is 7.05 Å². The van der Waals surface area contributed by atoms with Crippen LogP contribution < -0.4 is 0 Å². The maximum Gasteiger partial charge on any atom is 0.242 e. The lowest BCUT2D eigenvalue weighted by atomic mass is 10.2. The molecule has 1 aromatic rings. The Morgan fingerprint density at radius 1 is 1.22 bits per heavy atom. The van der Waals surface area contributed by atoms with E-state index in [0.29, 0.717) is 13.2 Å². The van der Waals surface area contributed by atoms with Crippen molar-refractivity contribution in [2.75, 3.05) is 26.8 Å². The Labute approximate surface area is 107 Å². The van der Waals surface area contributed by atoms with Crippen molar-refractivity contribution in [3.8, 4) is 0 Å². The predicted molar refractivity (Wildman–Crippen MR) is 66.7 cm³/mol. The van der Waals surface area contributed by atoms with Crippen LogP contribution in [-0.4, -0.2) is 45.8 Å². The molecule has 5 nitrogen and oxygen atoms in total. The summed E-state index contributed by atoms with van der Waals surface area (Å²) < 4.78 is 36.2. The summed E-state index contributed by atoms with van der Waals surface area (Å²) in [5, 5.41) is 0. The lowest BCUT2D eigenvalue weighted by Gasteiger charge is -2.20. The van der Waals surface area contributed by atoms with Crippen molar-refractivity contribution >= 4 is 10.0 Å². The molecule has 1 saturated heterocycles. The first-order valence-corrected chi connectivity index (χ1v) is 7.20. The van der Waals surface area contributed by atoms with Gasteiger partial charge in [0.05, 0.1) is 24.7 Å². The van der Waals surface area contributed by atoms with Gasteiger partial charge in [-0.15, -0.1) is 0 Å². The first kappa shape index (κ1) is 13.5. The van der Waals surface area contributed by atoms with Gasteiger partial charge in [-0.2, -0.15) is 4.31 Å². The number of hydrogen-bond donors (Lipinski definition) is 0. The summed E-state index contributed by atoms with van der Waals surface area (Å²) in [7, 11) is -1.94. The first-order valence-electron chi connectivity index (χ1n) is 5.76. The molecule has 0 N–H and O–H groups in total. The molecule has 0 atom stereocenters. The van der Waals surface area contributed by atoms with Gasteiger partial charge in [0.25, 0.3) is 0 Å². The second-order valence-corrected chi connectivity index (χ2v) is 6.31. The van der Waals surface area contributed by atoms with Crippen LogP contribution in [0.4, 0.5) is 0 Å². The molecule has 2 rings (SSSR count). The molecule has 1 fully saturated rings. The smallest absolute Gasteiger partial charge is 0.242 e. The van der Waals surface area contributed by atoms with Crippen LogP contribution in [0.3, 0.4) is 0 Å². The van der Waals surface area contributed by atoms with E-state index < -0.39 is 16.3 Å². The fraction of sp³-hybridized carbons (Fsp3) is 0.500. The lowest BCUT2D eigenvalue weighted by Crippen LogP contribution is -2.34. The highest BCUT2D eigenvalue weighted by Crippen LogP contribution is 2.16. The largest absolute Gasteiger partial charge is 0.349 e. The Morgan fingerprint density at radius 3 is 2.33 bits per heavy atom. The molecule has 0 unspecified atom stereocenters. The van der Waals surface area contributed by atoms with Crippen molar-refractivity contribution in [3.05, 3.63) is 29.8 Å². The minimum absolute atomic E-state index is 0.205. The molecule has 0 bridgehead atoms. The standard InChI is InChI=1S/C12H17NO4S/c1-10-3-5-11(6-4-10)18(14,15)13(2)9-12-16-7-8-17-12/h3-6,12H,7-9H2,1-2H3. The van der Waals surface area contributed by atoms with E-state index >= 15 is 0 Å². The van der Waals surface area contributed by atoms with E-state index in [1.54, 1.807) is 24.3 Å². The van der Waals surface area contributed by atoms with Gasteiger partial charge in [-0.25, -0.2) is 8.42 Å². The second-order valence-electron chi connectivity index (χ2n) is 4.27. The van der Waals surface area contributed by atoms with Gasteiger partial charge in [0.2, 0.25) is 10.0 Å². The van der Waals surface area contributed by atoms with Gasteiger partial charge < -0.3 is 9.47 Å². The fourth-order valence-corrected chi connectivity index (χ4v) is 2.87. The highest BCUT2D eigenvalue weighted by atomic mass is 32.2. The average Bonchev–Trinajstić information content (AvgIpc) is 2.82. The van der Waals surface area contributed by atoms with Crippen molar-refractivity contribution in [3.63, 3.8) is 0 Å². The zero-order valence-electron chi connectivity index (χ0n) is 10.5. The first-order chi connectivity index (χ1) is 8.50. The summed E-state index contributed by atoms with van der Waals surface area (Å²) in [6.45, 7) is 3.16. The van der Waals surface area contributed by atoms with Gasteiger partial charge in [-0.05, 0) is 19.1 Å². The Morgan fingerprint density at radius 2 is 1.78 bits per heavy atom. The van der Waals surface area contributed by atoms with Crippen molar-refractivity contribution in [2.24, 2.45) is 0 Å². The number of benzene rings is 1. The average molecular weight is 271 g/mol. The number of likely N-dealkylation sites (N-methyl/N-ethyl adjacent to an activating group) is 1. The predicted octanol–water partition coefficient (Wildman–Crippen LogP) is 0.988. The molecule has 0 radical (unpaired) electrons. The molecule has 0 aliphatic carbocycles. The molecule has 0 saturated carbocycles. The monoisotopic (exact) mass is 271 g/mol. The van der Waals surface area contributed by atoms with Crippen LogP contribution in [0.2, 0.25) is 0 Å². The zero-order chi connectivity index (χ0) is 13.2. The molecule has 100 valence electrons. The Bertz CT molecular complexity index is 491. The van der Waals surface area contributed by atoms with E-state index in [9.17, 15) is 8.42 Å².